The summed E-state index contributed by atoms with van der Waals surface area (Å²) >= 11 is 0. The minimum absolute atomic E-state index is 1.20. The van der Waals surface area contributed by atoms with Gasteiger partial charge in [-0.25, -0.2) is 0 Å². The van der Waals surface area contributed by atoms with Gasteiger partial charge in [-0.1, -0.05) is 24.3 Å². The van der Waals surface area contributed by atoms with E-state index in [-0.39, 0.29) is 0 Å². The standard InChI is InChI=1S/C11H11N/c1-2-3-9-4-5-10-6-7-12-11(10)8-9/h2-8,12H,1H3/b3-2+. The molecule has 60 valence electrons. The SMILES string of the molecule is C/C=C/c1ccc2cc[nH]c2c1. The van der Waals surface area contributed by atoms with Crippen LogP contribution in [0.1, 0.15) is 12.5 Å². The molecule has 1 heteroatoms. The highest BCUT2D eigenvalue weighted by Crippen LogP contribution is 2.14. The summed E-state index contributed by atoms with van der Waals surface area (Å²) in [6, 6.07) is 8.47. The molecule has 0 aliphatic carbocycles. The Labute approximate surface area is 71.7 Å². The Morgan fingerprint density at radius 1 is 1.25 bits per heavy atom. The van der Waals surface area contributed by atoms with Gasteiger partial charge < -0.3 is 4.98 Å². The molecule has 12 heavy (non-hydrogen) atoms. The molecular weight excluding hydrogens is 146 g/mol. The molecule has 0 saturated heterocycles. The third-order valence-electron chi connectivity index (χ3n) is 1.94. The van der Waals surface area contributed by atoms with Gasteiger partial charge in [0.2, 0.25) is 0 Å². The molecule has 0 unspecified atom stereocenters. The molecule has 0 spiro atoms. The molecule has 1 N–H and O–H groups in total. The summed E-state index contributed by atoms with van der Waals surface area (Å²) in [5, 5.41) is 1.27. The summed E-state index contributed by atoms with van der Waals surface area (Å²) in [6.07, 6.45) is 6.11. The average Bonchev–Trinajstić information content (AvgIpc) is 2.51. The van der Waals surface area contributed by atoms with E-state index in [1.807, 2.05) is 19.2 Å². The van der Waals surface area contributed by atoms with Gasteiger partial charge in [0.1, 0.15) is 0 Å². The summed E-state index contributed by atoms with van der Waals surface area (Å²) in [5.74, 6) is 0. The Hall–Kier alpha value is -1.50. The van der Waals surface area contributed by atoms with E-state index < -0.39 is 0 Å². The number of hydrogen-bond acceptors (Lipinski definition) is 0. The second-order valence-electron chi connectivity index (χ2n) is 2.82. The van der Waals surface area contributed by atoms with Crippen LogP contribution in [0.3, 0.4) is 0 Å². The number of aromatic nitrogens is 1. The number of allylic oxidation sites excluding steroid dienone is 1. The van der Waals surface area contributed by atoms with E-state index in [4.69, 9.17) is 0 Å². The largest absolute Gasteiger partial charge is 0.361 e. The number of benzene rings is 1. The third kappa shape index (κ3) is 1.14. The smallest absolute Gasteiger partial charge is 0.0459 e. The van der Waals surface area contributed by atoms with Crippen molar-refractivity contribution in [3.05, 3.63) is 42.1 Å². The Morgan fingerprint density at radius 3 is 3.00 bits per heavy atom. The molecule has 0 atom stereocenters. The minimum atomic E-state index is 1.20. The molecule has 0 aliphatic heterocycles. The molecule has 0 fully saturated rings. The van der Waals surface area contributed by atoms with Gasteiger partial charge in [0.05, 0.1) is 0 Å². The molecule has 1 aromatic heterocycles. The van der Waals surface area contributed by atoms with Crippen LogP contribution in [-0.2, 0) is 0 Å². The molecule has 0 aliphatic rings. The van der Waals surface area contributed by atoms with E-state index in [0.717, 1.165) is 0 Å². The lowest BCUT2D eigenvalue weighted by Crippen LogP contribution is -1.71. The first-order valence-electron chi connectivity index (χ1n) is 4.10. The van der Waals surface area contributed by atoms with Gasteiger partial charge in [-0.3, -0.25) is 0 Å². The first-order valence-corrected chi connectivity index (χ1v) is 4.10. The maximum absolute atomic E-state index is 3.18. The van der Waals surface area contributed by atoms with E-state index in [1.54, 1.807) is 0 Å². The first kappa shape index (κ1) is 7.17. The van der Waals surface area contributed by atoms with Crippen LogP contribution in [0.4, 0.5) is 0 Å². The fourth-order valence-electron chi connectivity index (χ4n) is 1.36. The number of fused-ring (bicyclic) bond motifs is 1. The molecule has 0 radical (unpaired) electrons. The highest BCUT2D eigenvalue weighted by Gasteiger charge is 1.92. The Morgan fingerprint density at radius 2 is 2.17 bits per heavy atom. The topological polar surface area (TPSA) is 15.8 Å². The number of rotatable bonds is 1. The lowest BCUT2D eigenvalue weighted by atomic mass is 10.1. The van der Waals surface area contributed by atoms with Gasteiger partial charge in [0.15, 0.2) is 0 Å². The first-order chi connectivity index (χ1) is 5.90. The van der Waals surface area contributed by atoms with Gasteiger partial charge in [0.25, 0.3) is 0 Å². The zero-order chi connectivity index (χ0) is 8.39. The maximum Gasteiger partial charge on any atom is 0.0459 e. The van der Waals surface area contributed by atoms with Gasteiger partial charge >= 0.3 is 0 Å². The average molecular weight is 157 g/mol. The van der Waals surface area contributed by atoms with Crippen LogP contribution < -0.4 is 0 Å². The van der Waals surface area contributed by atoms with Crippen molar-refractivity contribution < 1.29 is 0 Å². The summed E-state index contributed by atoms with van der Waals surface area (Å²) in [4.78, 5) is 3.18. The van der Waals surface area contributed by atoms with Gasteiger partial charge in [-0.2, -0.15) is 0 Å². The Kier molecular flexibility index (Phi) is 1.71. The zero-order valence-electron chi connectivity index (χ0n) is 7.04. The van der Waals surface area contributed by atoms with Crippen molar-refractivity contribution >= 4 is 17.0 Å². The molecule has 1 heterocycles. The summed E-state index contributed by atoms with van der Waals surface area (Å²) < 4.78 is 0. The van der Waals surface area contributed by atoms with Crippen molar-refractivity contribution in [2.75, 3.05) is 0 Å². The summed E-state index contributed by atoms with van der Waals surface area (Å²) in [6.45, 7) is 2.03. The molecule has 0 bridgehead atoms. The van der Waals surface area contributed by atoms with Crippen molar-refractivity contribution in [2.45, 2.75) is 6.92 Å². The monoisotopic (exact) mass is 157 g/mol. The van der Waals surface area contributed by atoms with Crippen LogP contribution in [0.2, 0.25) is 0 Å². The highest BCUT2D eigenvalue weighted by atomic mass is 14.7. The number of H-pyrrole nitrogens is 1. The predicted octanol–water partition coefficient (Wildman–Crippen LogP) is 3.20. The fraction of sp³-hybridized carbons (Fsp3) is 0.0909. The van der Waals surface area contributed by atoms with Crippen LogP contribution >= 0.6 is 0 Å². The van der Waals surface area contributed by atoms with Crippen molar-refractivity contribution in [2.24, 2.45) is 0 Å². The molecule has 2 aromatic rings. The maximum atomic E-state index is 3.18. The second-order valence-corrected chi connectivity index (χ2v) is 2.82. The van der Waals surface area contributed by atoms with Gasteiger partial charge in [0, 0.05) is 11.7 Å². The predicted molar refractivity (Wildman–Crippen MR) is 53.0 cm³/mol. The Balaban J connectivity index is 2.60. The summed E-state index contributed by atoms with van der Waals surface area (Å²) in [7, 11) is 0. The van der Waals surface area contributed by atoms with E-state index in [1.165, 1.54) is 16.5 Å². The fourth-order valence-corrected chi connectivity index (χ4v) is 1.36. The lowest BCUT2D eigenvalue weighted by molar-refractivity contribution is 1.47. The van der Waals surface area contributed by atoms with Crippen molar-refractivity contribution in [1.82, 2.24) is 4.98 Å². The number of aromatic amines is 1. The minimum Gasteiger partial charge on any atom is -0.361 e. The van der Waals surface area contributed by atoms with Crippen LogP contribution in [-0.4, -0.2) is 4.98 Å². The normalized spacial score (nSPS) is 11.4. The van der Waals surface area contributed by atoms with Gasteiger partial charge in [-0.15, -0.1) is 0 Å². The van der Waals surface area contributed by atoms with E-state index in [9.17, 15) is 0 Å². The van der Waals surface area contributed by atoms with Crippen LogP contribution in [0.25, 0.3) is 17.0 Å². The van der Waals surface area contributed by atoms with E-state index in [2.05, 4.69) is 35.3 Å². The molecule has 0 amide bonds. The summed E-state index contributed by atoms with van der Waals surface area (Å²) in [5.41, 5.74) is 2.44. The number of hydrogen-bond donors (Lipinski definition) is 1. The van der Waals surface area contributed by atoms with Crippen LogP contribution in [0.15, 0.2) is 36.5 Å². The zero-order valence-corrected chi connectivity index (χ0v) is 7.04. The Bertz CT molecular complexity index is 410. The van der Waals surface area contributed by atoms with E-state index >= 15 is 0 Å². The highest BCUT2D eigenvalue weighted by molar-refractivity contribution is 5.81. The lowest BCUT2D eigenvalue weighted by Gasteiger charge is -1.92. The number of nitrogens with one attached hydrogen (secondary N) is 1. The molecule has 2 rings (SSSR count). The molecule has 0 saturated carbocycles. The van der Waals surface area contributed by atoms with Gasteiger partial charge in [-0.05, 0) is 30.0 Å². The van der Waals surface area contributed by atoms with Crippen molar-refractivity contribution in [1.29, 1.82) is 0 Å². The van der Waals surface area contributed by atoms with Crippen molar-refractivity contribution in [3.8, 4) is 0 Å². The van der Waals surface area contributed by atoms with Crippen LogP contribution in [0, 0.1) is 0 Å². The molecule has 1 nitrogen and oxygen atoms in total. The van der Waals surface area contributed by atoms with Crippen molar-refractivity contribution in [3.63, 3.8) is 0 Å². The quantitative estimate of drug-likeness (QED) is 0.654. The molecule has 1 aromatic carbocycles. The molecular formula is C11H11N. The van der Waals surface area contributed by atoms with Crippen LogP contribution in [0.5, 0.6) is 0 Å². The van der Waals surface area contributed by atoms with E-state index in [0.29, 0.717) is 0 Å². The third-order valence-corrected chi connectivity index (χ3v) is 1.94. The second kappa shape index (κ2) is 2.86.